The Morgan fingerprint density at radius 2 is 2.15 bits per heavy atom. The quantitative estimate of drug-likeness (QED) is 0.658. The third kappa shape index (κ3) is 3.00. The molecule has 1 aromatic rings. The van der Waals surface area contributed by atoms with Crippen molar-refractivity contribution >= 4 is 27.5 Å². The monoisotopic (exact) mass is 340 g/mol. The third-order valence-corrected chi connectivity index (χ3v) is 4.81. The molecule has 1 aliphatic carbocycles. The molecule has 0 bridgehead atoms. The molecule has 1 fully saturated rings. The Morgan fingerprint density at radius 3 is 2.65 bits per heavy atom. The number of nitrogens with zero attached hydrogens (tertiary/aromatic N) is 1. The van der Waals surface area contributed by atoms with Gasteiger partial charge in [-0.15, -0.1) is 0 Å². The molecule has 1 aliphatic rings. The van der Waals surface area contributed by atoms with E-state index < -0.39 is 4.92 Å². The first-order valence-electron chi connectivity index (χ1n) is 6.58. The van der Waals surface area contributed by atoms with Crippen LogP contribution < -0.4 is 5.32 Å². The van der Waals surface area contributed by atoms with Crippen LogP contribution in [0.1, 0.15) is 37.0 Å². The number of rotatable bonds is 5. The van der Waals surface area contributed by atoms with Crippen molar-refractivity contribution in [1.29, 1.82) is 0 Å². The highest BCUT2D eigenvalue weighted by atomic mass is 79.9. The van der Waals surface area contributed by atoms with Crippen LogP contribution in [0.5, 0.6) is 0 Å². The molecule has 2 rings (SSSR count). The van der Waals surface area contributed by atoms with Gasteiger partial charge in [-0.3, -0.25) is 14.9 Å². The molecule has 108 valence electrons. The molecular weight excluding hydrogens is 324 g/mol. The minimum atomic E-state index is -0.500. The van der Waals surface area contributed by atoms with Crippen molar-refractivity contribution in [3.8, 4) is 0 Å². The minimum Gasteiger partial charge on any atom is -0.351 e. The summed E-state index contributed by atoms with van der Waals surface area (Å²) in [5, 5.41) is 13.7. The standard InChI is InChI=1S/C14H17BrN2O3/c1-9(2)14(5-6-14)8-16-13(18)11-7-10(17(19)20)3-4-12(11)15/h3-4,7,9H,5-6,8H2,1-2H3,(H,16,18). The zero-order valence-corrected chi connectivity index (χ0v) is 13.1. The molecule has 1 N–H and O–H groups in total. The van der Waals surface area contributed by atoms with E-state index in [1.165, 1.54) is 18.2 Å². The van der Waals surface area contributed by atoms with Gasteiger partial charge in [-0.2, -0.15) is 0 Å². The number of nitrogens with one attached hydrogen (secondary N) is 1. The van der Waals surface area contributed by atoms with E-state index >= 15 is 0 Å². The summed E-state index contributed by atoms with van der Waals surface area (Å²) in [6.07, 6.45) is 2.25. The minimum absolute atomic E-state index is 0.0802. The van der Waals surface area contributed by atoms with Crippen molar-refractivity contribution in [1.82, 2.24) is 5.32 Å². The van der Waals surface area contributed by atoms with E-state index in [2.05, 4.69) is 35.1 Å². The van der Waals surface area contributed by atoms with Gasteiger partial charge in [0.25, 0.3) is 11.6 Å². The molecule has 1 saturated carbocycles. The maximum absolute atomic E-state index is 12.2. The number of carbonyl (C=O) groups is 1. The fraction of sp³-hybridized carbons (Fsp3) is 0.500. The van der Waals surface area contributed by atoms with Crippen molar-refractivity contribution in [3.05, 3.63) is 38.3 Å². The lowest BCUT2D eigenvalue weighted by molar-refractivity contribution is -0.384. The van der Waals surface area contributed by atoms with Crippen LogP contribution in [-0.4, -0.2) is 17.4 Å². The molecule has 6 heteroatoms. The molecule has 0 spiro atoms. The Bertz CT molecular complexity index is 553. The van der Waals surface area contributed by atoms with Gasteiger partial charge in [0.1, 0.15) is 0 Å². The van der Waals surface area contributed by atoms with E-state index in [1.807, 2.05) is 0 Å². The molecular formula is C14H17BrN2O3. The lowest BCUT2D eigenvalue weighted by Gasteiger charge is -2.20. The average molecular weight is 341 g/mol. The molecule has 1 amide bonds. The van der Waals surface area contributed by atoms with Crippen molar-refractivity contribution in [3.63, 3.8) is 0 Å². The van der Waals surface area contributed by atoms with E-state index in [9.17, 15) is 14.9 Å². The van der Waals surface area contributed by atoms with E-state index in [0.717, 1.165) is 12.8 Å². The maximum atomic E-state index is 12.2. The van der Waals surface area contributed by atoms with E-state index in [-0.39, 0.29) is 17.0 Å². The number of halogens is 1. The number of amides is 1. The van der Waals surface area contributed by atoms with Crippen LogP contribution in [0.3, 0.4) is 0 Å². The van der Waals surface area contributed by atoms with E-state index in [1.54, 1.807) is 0 Å². The fourth-order valence-electron chi connectivity index (χ4n) is 2.27. The third-order valence-electron chi connectivity index (χ3n) is 4.12. The first-order chi connectivity index (χ1) is 9.35. The van der Waals surface area contributed by atoms with Crippen LogP contribution in [0, 0.1) is 21.4 Å². The SMILES string of the molecule is CC(C)C1(CNC(=O)c2cc([N+](=O)[O-])ccc2Br)CC1. The van der Waals surface area contributed by atoms with Crippen LogP contribution in [0.25, 0.3) is 0 Å². The second-order valence-corrected chi connectivity index (χ2v) is 6.48. The summed E-state index contributed by atoms with van der Waals surface area (Å²) in [6, 6.07) is 4.20. The summed E-state index contributed by atoms with van der Waals surface area (Å²) in [7, 11) is 0. The van der Waals surface area contributed by atoms with Gasteiger partial charge < -0.3 is 5.32 Å². The normalized spacial score (nSPS) is 16.0. The Kier molecular flexibility index (Phi) is 4.13. The number of hydrogen-bond donors (Lipinski definition) is 1. The van der Waals surface area contributed by atoms with Crippen molar-refractivity contribution < 1.29 is 9.72 Å². The fourth-order valence-corrected chi connectivity index (χ4v) is 2.70. The lowest BCUT2D eigenvalue weighted by atomic mass is 9.92. The summed E-state index contributed by atoms with van der Waals surface area (Å²) >= 11 is 3.26. The van der Waals surface area contributed by atoms with Gasteiger partial charge in [-0.1, -0.05) is 13.8 Å². The Morgan fingerprint density at radius 1 is 1.50 bits per heavy atom. The molecule has 0 saturated heterocycles. The number of carbonyl (C=O) groups excluding carboxylic acids is 1. The molecule has 5 nitrogen and oxygen atoms in total. The molecule has 0 unspecified atom stereocenters. The van der Waals surface area contributed by atoms with Gasteiger partial charge in [-0.05, 0) is 46.2 Å². The van der Waals surface area contributed by atoms with Crippen molar-refractivity contribution in [2.24, 2.45) is 11.3 Å². The first-order valence-corrected chi connectivity index (χ1v) is 7.37. The average Bonchev–Trinajstić information content (AvgIpc) is 3.17. The zero-order valence-electron chi connectivity index (χ0n) is 11.5. The molecule has 0 aromatic heterocycles. The molecule has 1 aromatic carbocycles. The topological polar surface area (TPSA) is 72.2 Å². The predicted octanol–water partition coefficient (Wildman–Crippen LogP) is 3.52. The summed E-state index contributed by atoms with van der Waals surface area (Å²) in [4.78, 5) is 22.4. The molecule has 0 atom stereocenters. The zero-order chi connectivity index (χ0) is 14.9. The molecule has 20 heavy (non-hydrogen) atoms. The van der Waals surface area contributed by atoms with E-state index in [0.29, 0.717) is 22.5 Å². The summed E-state index contributed by atoms with van der Waals surface area (Å²) in [5.41, 5.74) is 0.435. The Hall–Kier alpha value is -1.43. The van der Waals surface area contributed by atoms with Crippen LogP contribution in [0.4, 0.5) is 5.69 Å². The number of benzene rings is 1. The number of nitro groups is 1. The van der Waals surface area contributed by atoms with Gasteiger partial charge in [0, 0.05) is 23.2 Å². The highest BCUT2D eigenvalue weighted by molar-refractivity contribution is 9.10. The highest BCUT2D eigenvalue weighted by Gasteiger charge is 2.45. The summed E-state index contributed by atoms with van der Waals surface area (Å²) in [6.45, 7) is 4.93. The first kappa shape index (κ1) is 15.0. The largest absolute Gasteiger partial charge is 0.351 e. The predicted molar refractivity (Wildman–Crippen MR) is 79.6 cm³/mol. The van der Waals surface area contributed by atoms with Crippen molar-refractivity contribution in [2.45, 2.75) is 26.7 Å². The number of non-ortho nitro benzene ring substituents is 1. The second kappa shape index (κ2) is 5.52. The van der Waals surface area contributed by atoms with Gasteiger partial charge in [0.2, 0.25) is 0 Å². The molecule has 0 aliphatic heterocycles. The molecule has 0 radical (unpaired) electrons. The highest BCUT2D eigenvalue weighted by Crippen LogP contribution is 2.51. The van der Waals surface area contributed by atoms with Gasteiger partial charge in [-0.25, -0.2) is 0 Å². The van der Waals surface area contributed by atoms with Crippen LogP contribution in [0.15, 0.2) is 22.7 Å². The van der Waals surface area contributed by atoms with E-state index in [4.69, 9.17) is 0 Å². The maximum Gasteiger partial charge on any atom is 0.270 e. The smallest absolute Gasteiger partial charge is 0.270 e. The number of hydrogen-bond acceptors (Lipinski definition) is 3. The van der Waals surface area contributed by atoms with Crippen molar-refractivity contribution in [2.75, 3.05) is 6.54 Å². The van der Waals surface area contributed by atoms with Gasteiger partial charge in [0.15, 0.2) is 0 Å². The Balaban J connectivity index is 2.09. The summed E-state index contributed by atoms with van der Waals surface area (Å²) in [5.74, 6) is 0.254. The number of nitro benzene ring substituents is 1. The van der Waals surface area contributed by atoms with Crippen LogP contribution in [-0.2, 0) is 0 Å². The van der Waals surface area contributed by atoms with Gasteiger partial charge >= 0.3 is 0 Å². The lowest BCUT2D eigenvalue weighted by Crippen LogP contribution is -2.32. The van der Waals surface area contributed by atoms with Crippen LogP contribution in [0.2, 0.25) is 0 Å². The molecule has 0 heterocycles. The summed E-state index contributed by atoms with van der Waals surface area (Å²) < 4.78 is 0.565. The Labute approximate surface area is 126 Å². The van der Waals surface area contributed by atoms with Gasteiger partial charge in [0.05, 0.1) is 10.5 Å². The second-order valence-electron chi connectivity index (χ2n) is 5.62. The van der Waals surface area contributed by atoms with Crippen LogP contribution >= 0.6 is 15.9 Å².